The molecule has 0 spiro atoms. The van der Waals surface area contributed by atoms with Gasteiger partial charge < -0.3 is 14.8 Å². The lowest BCUT2D eigenvalue weighted by Crippen LogP contribution is -2.31. The number of rotatable bonds is 8. The number of carbonyl (C=O) groups is 2. The molecule has 1 atom stereocenters. The Kier molecular flexibility index (Phi) is 7.87. The fourth-order valence-electron chi connectivity index (χ4n) is 1.95. The number of carbonyl (C=O) groups excluding carboxylic acids is 2. The molecule has 0 aliphatic heterocycles. The third-order valence-corrected chi connectivity index (χ3v) is 4.13. The molecule has 0 aromatic heterocycles. The van der Waals surface area contributed by atoms with Gasteiger partial charge in [0.15, 0.2) is 12.7 Å². The summed E-state index contributed by atoms with van der Waals surface area (Å²) in [6, 6.07) is 12.4. The van der Waals surface area contributed by atoms with Crippen molar-refractivity contribution in [2.45, 2.75) is 23.7 Å². The number of nitrogens with one attached hydrogen (secondary N) is 1. The molecule has 0 bridgehead atoms. The Morgan fingerprint density at radius 1 is 1.19 bits per heavy atom. The number of amides is 1. The first-order chi connectivity index (χ1) is 12.8. The number of thioether (sulfide) groups is 1. The topological polar surface area (TPSA) is 64.6 Å². The van der Waals surface area contributed by atoms with Gasteiger partial charge in [0, 0.05) is 15.6 Å². The van der Waals surface area contributed by atoms with E-state index in [0.717, 1.165) is 0 Å². The Hall–Kier alpha value is -2.32. The molecular formula is C18H16ClF2NO4S. The van der Waals surface area contributed by atoms with Crippen LogP contribution in [0.2, 0.25) is 5.02 Å². The van der Waals surface area contributed by atoms with Gasteiger partial charge in [-0.15, -0.1) is 0 Å². The van der Waals surface area contributed by atoms with Crippen LogP contribution in [0.15, 0.2) is 53.4 Å². The molecule has 0 heterocycles. The molecule has 0 aliphatic rings. The molecule has 0 unspecified atom stereocenters. The highest BCUT2D eigenvalue weighted by molar-refractivity contribution is 7.99. The summed E-state index contributed by atoms with van der Waals surface area (Å²) in [5, 5.41) is 3.00. The van der Waals surface area contributed by atoms with Gasteiger partial charge in [0.1, 0.15) is 5.75 Å². The van der Waals surface area contributed by atoms with Gasteiger partial charge in [-0.2, -0.15) is 8.78 Å². The van der Waals surface area contributed by atoms with E-state index in [4.69, 9.17) is 21.1 Å². The van der Waals surface area contributed by atoms with Crippen LogP contribution in [0.25, 0.3) is 0 Å². The summed E-state index contributed by atoms with van der Waals surface area (Å²) in [7, 11) is 0. The van der Waals surface area contributed by atoms with Gasteiger partial charge in [-0.25, -0.2) is 4.79 Å². The van der Waals surface area contributed by atoms with Crippen molar-refractivity contribution in [3.05, 3.63) is 53.6 Å². The third kappa shape index (κ3) is 7.44. The molecule has 1 N–H and O–H groups in total. The van der Waals surface area contributed by atoms with Gasteiger partial charge in [-0.3, -0.25) is 4.79 Å². The first-order valence-electron chi connectivity index (χ1n) is 7.77. The SMILES string of the molecule is C[C@@H](OC(=O)COc1cccc(Cl)c1)C(=O)Nc1ccc(SC(F)F)cc1. The number of alkyl halides is 2. The standard InChI is InChI=1S/C18H16ClF2NO4S/c1-11(26-16(23)10-25-14-4-2-3-12(19)9-14)17(24)22-13-5-7-15(8-6-13)27-18(20)21/h2-9,11,18H,10H2,1H3,(H,22,24)/t11-/m1/s1. The summed E-state index contributed by atoms with van der Waals surface area (Å²) in [6.45, 7) is 1.03. The third-order valence-electron chi connectivity index (χ3n) is 3.18. The minimum Gasteiger partial charge on any atom is -0.482 e. The van der Waals surface area contributed by atoms with E-state index in [1.807, 2.05) is 0 Å². The Morgan fingerprint density at radius 3 is 2.52 bits per heavy atom. The first-order valence-corrected chi connectivity index (χ1v) is 9.03. The molecule has 0 fully saturated rings. The molecule has 144 valence electrons. The molecule has 0 radical (unpaired) electrons. The molecule has 2 aromatic rings. The number of esters is 1. The van der Waals surface area contributed by atoms with Crippen molar-refractivity contribution in [1.82, 2.24) is 0 Å². The van der Waals surface area contributed by atoms with Gasteiger partial charge in [0.25, 0.3) is 11.7 Å². The number of benzene rings is 2. The second kappa shape index (κ2) is 10.1. The van der Waals surface area contributed by atoms with E-state index in [1.165, 1.54) is 31.2 Å². The van der Waals surface area contributed by atoms with Crippen LogP contribution in [0, 0.1) is 0 Å². The van der Waals surface area contributed by atoms with E-state index >= 15 is 0 Å². The summed E-state index contributed by atoms with van der Waals surface area (Å²) in [4.78, 5) is 24.2. The number of halogens is 3. The van der Waals surface area contributed by atoms with Crippen LogP contribution in [-0.2, 0) is 14.3 Å². The van der Waals surface area contributed by atoms with Gasteiger partial charge >= 0.3 is 5.97 Å². The number of anilines is 1. The van der Waals surface area contributed by atoms with Crippen LogP contribution >= 0.6 is 23.4 Å². The van der Waals surface area contributed by atoms with Crippen LogP contribution in [-0.4, -0.2) is 30.3 Å². The van der Waals surface area contributed by atoms with Crippen molar-refractivity contribution in [2.75, 3.05) is 11.9 Å². The lowest BCUT2D eigenvalue weighted by molar-refractivity contribution is -0.155. The predicted octanol–water partition coefficient (Wildman–Crippen LogP) is 4.60. The second-order valence-electron chi connectivity index (χ2n) is 5.27. The summed E-state index contributed by atoms with van der Waals surface area (Å²) >= 11 is 6.22. The lowest BCUT2D eigenvalue weighted by atomic mass is 10.3. The van der Waals surface area contributed by atoms with Crippen molar-refractivity contribution in [3.63, 3.8) is 0 Å². The fraction of sp³-hybridized carbons (Fsp3) is 0.222. The predicted molar refractivity (Wildman–Crippen MR) is 99.4 cm³/mol. The normalized spacial score (nSPS) is 11.7. The molecule has 2 aromatic carbocycles. The zero-order chi connectivity index (χ0) is 19.8. The molecule has 0 saturated carbocycles. The van der Waals surface area contributed by atoms with E-state index in [1.54, 1.807) is 24.3 Å². The Bertz CT molecular complexity index is 789. The van der Waals surface area contributed by atoms with E-state index in [-0.39, 0.29) is 6.61 Å². The largest absolute Gasteiger partial charge is 0.482 e. The number of hydrogen-bond acceptors (Lipinski definition) is 5. The molecule has 0 saturated heterocycles. The van der Waals surface area contributed by atoms with Crippen LogP contribution in [0.4, 0.5) is 14.5 Å². The van der Waals surface area contributed by atoms with Crippen molar-refractivity contribution in [1.29, 1.82) is 0 Å². The van der Waals surface area contributed by atoms with Gasteiger partial charge in [-0.05, 0) is 49.4 Å². The minimum absolute atomic E-state index is 0.376. The minimum atomic E-state index is -2.51. The highest BCUT2D eigenvalue weighted by Gasteiger charge is 2.18. The van der Waals surface area contributed by atoms with E-state index < -0.39 is 23.7 Å². The highest BCUT2D eigenvalue weighted by Crippen LogP contribution is 2.26. The maximum atomic E-state index is 12.3. The molecular weight excluding hydrogens is 400 g/mol. The smallest absolute Gasteiger partial charge is 0.344 e. The summed E-state index contributed by atoms with van der Waals surface area (Å²) in [6.07, 6.45) is -1.06. The van der Waals surface area contributed by atoms with Gasteiger partial charge in [-0.1, -0.05) is 29.4 Å². The number of hydrogen-bond donors (Lipinski definition) is 1. The zero-order valence-corrected chi connectivity index (χ0v) is 15.7. The first kappa shape index (κ1) is 21.0. The highest BCUT2D eigenvalue weighted by atomic mass is 35.5. The monoisotopic (exact) mass is 415 g/mol. The van der Waals surface area contributed by atoms with Crippen LogP contribution in [0.5, 0.6) is 5.75 Å². The van der Waals surface area contributed by atoms with Gasteiger partial charge in [0.05, 0.1) is 0 Å². The fourth-order valence-corrected chi connectivity index (χ4v) is 2.63. The maximum absolute atomic E-state index is 12.3. The summed E-state index contributed by atoms with van der Waals surface area (Å²) in [5.41, 5.74) is 0.400. The molecule has 0 aliphatic carbocycles. The number of ether oxygens (including phenoxy) is 2. The summed E-state index contributed by atoms with van der Waals surface area (Å²) in [5.74, 6) is -3.39. The second-order valence-corrected chi connectivity index (χ2v) is 6.77. The van der Waals surface area contributed by atoms with Crippen LogP contribution in [0.1, 0.15) is 6.92 Å². The molecule has 5 nitrogen and oxygen atoms in total. The average Bonchev–Trinajstić information content (AvgIpc) is 2.61. The molecule has 1 amide bonds. The quantitative estimate of drug-likeness (QED) is 0.504. The van der Waals surface area contributed by atoms with E-state index in [2.05, 4.69) is 5.32 Å². The Labute approximate surface area is 164 Å². The zero-order valence-electron chi connectivity index (χ0n) is 14.2. The van der Waals surface area contributed by atoms with E-state index in [9.17, 15) is 18.4 Å². The van der Waals surface area contributed by atoms with Crippen LogP contribution < -0.4 is 10.1 Å². The van der Waals surface area contributed by atoms with Crippen LogP contribution in [0.3, 0.4) is 0 Å². The molecule has 27 heavy (non-hydrogen) atoms. The van der Waals surface area contributed by atoms with Crippen molar-refractivity contribution in [2.24, 2.45) is 0 Å². The Balaban J connectivity index is 1.79. The van der Waals surface area contributed by atoms with Gasteiger partial charge in [0.2, 0.25) is 0 Å². The van der Waals surface area contributed by atoms with Crippen molar-refractivity contribution >= 4 is 40.9 Å². The molecule has 9 heteroatoms. The van der Waals surface area contributed by atoms with E-state index in [0.29, 0.717) is 33.1 Å². The molecule has 2 rings (SSSR count). The average molecular weight is 416 g/mol. The summed E-state index contributed by atoms with van der Waals surface area (Å²) < 4.78 is 34.8. The maximum Gasteiger partial charge on any atom is 0.344 e. The van der Waals surface area contributed by atoms with Crippen molar-refractivity contribution in [3.8, 4) is 5.75 Å². The van der Waals surface area contributed by atoms with Crippen molar-refractivity contribution < 1.29 is 27.8 Å². The Morgan fingerprint density at radius 2 is 1.89 bits per heavy atom. The lowest BCUT2D eigenvalue weighted by Gasteiger charge is -2.14.